The monoisotopic (exact) mass is 416 g/mol. The van der Waals surface area contributed by atoms with Gasteiger partial charge in [0, 0.05) is 6.07 Å². The number of nitrogens with zero attached hydrogens (tertiary/aromatic N) is 5. The van der Waals surface area contributed by atoms with Crippen molar-refractivity contribution in [2.24, 2.45) is 0 Å². The summed E-state index contributed by atoms with van der Waals surface area (Å²) in [7, 11) is 1.58. The van der Waals surface area contributed by atoms with Crippen LogP contribution in [0.15, 0.2) is 66.0 Å². The number of ether oxygens (including phenoxy) is 1. The lowest BCUT2D eigenvalue weighted by molar-refractivity contribution is 0.414. The van der Waals surface area contributed by atoms with Gasteiger partial charge in [0.25, 0.3) is 5.56 Å². The number of thiol groups is 1. The van der Waals surface area contributed by atoms with Crippen LogP contribution in [-0.2, 0) is 0 Å². The largest absolute Gasteiger partial charge is 0.497 e. The predicted octanol–water partition coefficient (Wildman–Crippen LogP) is 3.08. The van der Waals surface area contributed by atoms with Crippen molar-refractivity contribution in [2.75, 3.05) is 7.11 Å². The fourth-order valence-corrected chi connectivity index (χ4v) is 3.81. The first-order valence-corrected chi connectivity index (χ1v) is 9.67. The molecular formula is C21H16N6O2S. The molecule has 8 nitrogen and oxygen atoms in total. The molecule has 0 aliphatic heterocycles. The lowest BCUT2D eigenvalue weighted by Crippen LogP contribution is -2.25. The van der Waals surface area contributed by atoms with Crippen LogP contribution in [0.5, 0.6) is 5.75 Å². The number of hydrogen-bond acceptors (Lipinski definition) is 7. The van der Waals surface area contributed by atoms with Crippen LogP contribution in [0.2, 0.25) is 0 Å². The van der Waals surface area contributed by atoms with E-state index in [1.807, 2.05) is 36.4 Å². The van der Waals surface area contributed by atoms with Crippen LogP contribution in [0.4, 0.5) is 0 Å². The van der Waals surface area contributed by atoms with Crippen LogP contribution < -0.4 is 10.3 Å². The Morgan fingerprint density at radius 1 is 1.10 bits per heavy atom. The second-order valence-corrected chi connectivity index (χ2v) is 7.11. The number of imidazole rings is 1. The van der Waals surface area contributed by atoms with Gasteiger partial charge in [-0.2, -0.15) is 12.6 Å². The summed E-state index contributed by atoms with van der Waals surface area (Å²) in [5, 5.41) is -0.0987. The van der Waals surface area contributed by atoms with Crippen LogP contribution in [0, 0.1) is 0 Å². The fourth-order valence-electron chi connectivity index (χ4n) is 3.45. The lowest BCUT2D eigenvalue weighted by Gasteiger charge is -2.18. The average molecular weight is 416 g/mol. The van der Waals surface area contributed by atoms with Crippen molar-refractivity contribution in [1.29, 1.82) is 0 Å². The molecule has 5 aromatic rings. The molecule has 1 N–H and O–H groups in total. The van der Waals surface area contributed by atoms with E-state index in [9.17, 15) is 4.79 Å². The zero-order chi connectivity index (χ0) is 20.7. The van der Waals surface area contributed by atoms with Crippen LogP contribution in [0.3, 0.4) is 0 Å². The summed E-state index contributed by atoms with van der Waals surface area (Å²) >= 11 is 4.81. The van der Waals surface area contributed by atoms with Crippen LogP contribution in [0.25, 0.3) is 27.8 Å². The molecule has 30 heavy (non-hydrogen) atoms. The number of hydrogen-bond donors (Lipinski definition) is 2. The molecule has 0 bridgehead atoms. The van der Waals surface area contributed by atoms with Gasteiger partial charge in [0.15, 0.2) is 5.65 Å². The molecule has 3 heterocycles. The van der Waals surface area contributed by atoms with E-state index in [1.165, 1.54) is 6.33 Å². The van der Waals surface area contributed by atoms with Gasteiger partial charge in [0.2, 0.25) is 0 Å². The number of fused-ring (bicyclic) bond motifs is 2. The van der Waals surface area contributed by atoms with Crippen molar-refractivity contribution < 1.29 is 4.74 Å². The maximum Gasteiger partial charge on any atom is 0.266 e. The molecule has 0 aliphatic carbocycles. The zero-order valence-corrected chi connectivity index (χ0v) is 16.7. The molecule has 9 heteroatoms. The Morgan fingerprint density at radius 3 is 2.83 bits per heavy atom. The molecule has 0 amide bonds. The van der Waals surface area contributed by atoms with Gasteiger partial charge in [-0.15, -0.1) is 0 Å². The number of rotatable bonds is 4. The highest BCUT2D eigenvalue weighted by molar-refractivity contribution is 7.80. The molecule has 1 atom stereocenters. The third-order valence-electron chi connectivity index (χ3n) is 4.87. The van der Waals surface area contributed by atoms with Crippen LogP contribution in [-0.4, -0.2) is 36.6 Å². The molecule has 3 aromatic heterocycles. The second-order valence-electron chi connectivity index (χ2n) is 6.59. The lowest BCUT2D eigenvalue weighted by atomic mass is 10.2. The molecule has 0 radical (unpaired) electrons. The standard InChI is InChI=1S/C21H16N6O2S/c1-29-13-6-4-5-12(9-13)27-20(26-15-8-3-2-7-14(15)21(27)28)18(30)16-17-19(24-10-22-16)25-11-23-17/h2-11,18,30H,1H3,(H,22,23,24,25). The van der Waals surface area contributed by atoms with Crippen molar-refractivity contribution in [1.82, 2.24) is 29.5 Å². The second kappa shape index (κ2) is 7.27. The summed E-state index contributed by atoms with van der Waals surface area (Å²) in [6.45, 7) is 0. The van der Waals surface area contributed by atoms with E-state index in [0.29, 0.717) is 45.0 Å². The van der Waals surface area contributed by atoms with Gasteiger partial charge in [-0.25, -0.2) is 19.9 Å². The molecule has 1 unspecified atom stereocenters. The van der Waals surface area contributed by atoms with Crippen LogP contribution >= 0.6 is 12.6 Å². The van der Waals surface area contributed by atoms with Gasteiger partial charge in [0.05, 0.1) is 35.7 Å². The van der Waals surface area contributed by atoms with Gasteiger partial charge in [-0.1, -0.05) is 18.2 Å². The highest BCUT2D eigenvalue weighted by Gasteiger charge is 2.24. The summed E-state index contributed by atoms with van der Waals surface area (Å²) in [5.41, 5.74) is 2.77. The minimum absolute atomic E-state index is 0.196. The van der Waals surface area contributed by atoms with E-state index >= 15 is 0 Å². The van der Waals surface area contributed by atoms with Gasteiger partial charge >= 0.3 is 0 Å². The Morgan fingerprint density at radius 2 is 1.97 bits per heavy atom. The maximum atomic E-state index is 13.5. The summed E-state index contributed by atoms with van der Waals surface area (Å²) in [5.74, 6) is 1.07. The zero-order valence-electron chi connectivity index (χ0n) is 15.9. The Labute approximate surface area is 176 Å². The third-order valence-corrected chi connectivity index (χ3v) is 5.34. The Kier molecular flexibility index (Phi) is 4.44. The molecule has 0 saturated heterocycles. The number of aromatic amines is 1. The number of methoxy groups -OCH3 is 1. The Balaban J connectivity index is 1.82. The molecule has 0 aliphatic rings. The molecule has 2 aromatic carbocycles. The number of benzene rings is 2. The van der Waals surface area contributed by atoms with Crippen molar-refractivity contribution in [2.45, 2.75) is 5.25 Å². The number of H-pyrrole nitrogens is 1. The Hall–Kier alpha value is -3.72. The maximum absolute atomic E-state index is 13.5. The third kappa shape index (κ3) is 2.91. The number of nitrogens with one attached hydrogen (secondary N) is 1. The fraction of sp³-hybridized carbons (Fsp3) is 0.0952. The van der Waals surface area contributed by atoms with Crippen molar-refractivity contribution >= 4 is 34.7 Å². The van der Waals surface area contributed by atoms with Crippen LogP contribution in [0.1, 0.15) is 16.8 Å². The van der Waals surface area contributed by atoms with E-state index in [-0.39, 0.29) is 5.56 Å². The highest BCUT2D eigenvalue weighted by Crippen LogP contribution is 2.31. The molecule has 148 valence electrons. The van der Waals surface area contributed by atoms with Gasteiger partial charge in [-0.3, -0.25) is 9.36 Å². The van der Waals surface area contributed by atoms with Crippen molar-refractivity contribution in [3.63, 3.8) is 0 Å². The summed E-state index contributed by atoms with van der Waals surface area (Å²) < 4.78 is 6.90. The predicted molar refractivity (Wildman–Crippen MR) is 116 cm³/mol. The minimum atomic E-state index is -0.612. The molecular weight excluding hydrogens is 400 g/mol. The highest BCUT2D eigenvalue weighted by atomic mass is 32.1. The molecule has 0 spiro atoms. The van der Waals surface area contributed by atoms with E-state index < -0.39 is 5.25 Å². The smallest absolute Gasteiger partial charge is 0.266 e. The first kappa shape index (κ1) is 18.3. The average Bonchev–Trinajstić information content (AvgIpc) is 3.27. The molecule has 5 rings (SSSR count). The van der Waals surface area contributed by atoms with E-state index in [4.69, 9.17) is 22.3 Å². The van der Waals surface area contributed by atoms with E-state index in [2.05, 4.69) is 19.9 Å². The summed E-state index contributed by atoms with van der Waals surface area (Å²) in [6, 6.07) is 14.5. The molecule has 0 fully saturated rings. The topological polar surface area (TPSA) is 98.6 Å². The Bertz CT molecular complexity index is 1440. The van der Waals surface area contributed by atoms with E-state index in [1.54, 1.807) is 30.1 Å². The first-order valence-electron chi connectivity index (χ1n) is 9.15. The van der Waals surface area contributed by atoms with Crippen molar-refractivity contribution in [3.05, 3.63) is 83.1 Å². The number of para-hydroxylation sites is 1. The SMILES string of the molecule is COc1cccc(-n2c(C(S)c3ncnc4nc[nH]c34)nc3ccccc3c2=O)c1. The number of aromatic nitrogens is 6. The van der Waals surface area contributed by atoms with Crippen molar-refractivity contribution in [3.8, 4) is 11.4 Å². The van der Waals surface area contributed by atoms with Gasteiger partial charge < -0.3 is 9.72 Å². The normalized spacial score (nSPS) is 12.3. The summed E-state index contributed by atoms with van der Waals surface area (Å²) in [6.07, 6.45) is 2.98. The van der Waals surface area contributed by atoms with Gasteiger partial charge in [0.1, 0.15) is 28.7 Å². The molecule has 0 saturated carbocycles. The summed E-state index contributed by atoms with van der Waals surface area (Å²) in [4.78, 5) is 34.1. The minimum Gasteiger partial charge on any atom is -0.497 e. The quantitative estimate of drug-likeness (QED) is 0.437. The van der Waals surface area contributed by atoms with E-state index in [0.717, 1.165) is 0 Å². The van der Waals surface area contributed by atoms with Gasteiger partial charge in [-0.05, 0) is 24.3 Å². The first-order chi connectivity index (χ1) is 14.7.